The zero-order chi connectivity index (χ0) is 23.1. The van der Waals surface area contributed by atoms with Crippen LogP contribution in [-0.4, -0.2) is 25.1 Å². The molecule has 1 N–H and O–H groups in total. The number of hydrogen-bond acceptors (Lipinski definition) is 5. The van der Waals surface area contributed by atoms with E-state index >= 15 is 0 Å². The minimum absolute atomic E-state index is 0.102. The van der Waals surface area contributed by atoms with E-state index in [0.29, 0.717) is 28.8 Å². The summed E-state index contributed by atoms with van der Waals surface area (Å²) in [5, 5.41) is 2.84. The van der Waals surface area contributed by atoms with Crippen molar-refractivity contribution in [2.45, 2.75) is 26.2 Å². The number of aromatic nitrogens is 1. The number of carbonyl (C=O) groups excluding carboxylic acids is 1. The molecular formula is C26H28N2O4. The van der Waals surface area contributed by atoms with Crippen LogP contribution < -0.4 is 19.5 Å². The summed E-state index contributed by atoms with van der Waals surface area (Å²) in [4.78, 5) is 16.9. The van der Waals surface area contributed by atoms with Crippen LogP contribution in [0.2, 0.25) is 0 Å². The summed E-state index contributed by atoms with van der Waals surface area (Å²) in [6, 6.07) is 16.7. The van der Waals surface area contributed by atoms with Crippen molar-refractivity contribution in [3.05, 3.63) is 78.0 Å². The molecule has 0 fully saturated rings. The number of anilines is 1. The number of benzene rings is 2. The Kier molecular flexibility index (Phi) is 7.15. The maximum atomic E-state index is 12.6. The van der Waals surface area contributed by atoms with Gasteiger partial charge in [-0.05, 0) is 47.4 Å². The fourth-order valence-corrected chi connectivity index (χ4v) is 3.12. The summed E-state index contributed by atoms with van der Waals surface area (Å²) in [6.45, 7) is 6.36. The first kappa shape index (κ1) is 22.9. The number of para-hydroxylation sites is 1. The van der Waals surface area contributed by atoms with Crippen LogP contribution in [0.4, 0.5) is 5.69 Å². The Morgan fingerprint density at radius 3 is 2.31 bits per heavy atom. The number of carbonyl (C=O) groups is 1. The minimum atomic E-state index is -0.311. The van der Waals surface area contributed by atoms with Gasteiger partial charge in [0.15, 0.2) is 0 Å². The van der Waals surface area contributed by atoms with Gasteiger partial charge in [0, 0.05) is 23.9 Å². The van der Waals surface area contributed by atoms with E-state index in [2.05, 4.69) is 31.1 Å². The van der Waals surface area contributed by atoms with Gasteiger partial charge in [0.05, 0.1) is 14.2 Å². The molecule has 32 heavy (non-hydrogen) atoms. The Hall–Kier alpha value is -3.80. The fraction of sp³-hybridized carbons (Fsp3) is 0.231. The zero-order valence-corrected chi connectivity index (χ0v) is 19.0. The van der Waals surface area contributed by atoms with Crippen molar-refractivity contribution < 1.29 is 19.0 Å². The molecule has 1 aromatic heterocycles. The Labute approximate surface area is 188 Å². The molecule has 166 valence electrons. The first-order valence-electron chi connectivity index (χ1n) is 10.2. The highest BCUT2D eigenvalue weighted by Gasteiger charge is 2.20. The summed E-state index contributed by atoms with van der Waals surface area (Å²) in [6.07, 6.45) is 4.75. The van der Waals surface area contributed by atoms with Gasteiger partial charge in [-0.25, -0.2) is 4.98 Å². The van der Waals surface area contributed by atoms with Crippen LogP contribution in [0.5, 0.6) is 23.1 Å². The van der Waals surface area contributed by atoms with Gasteiger partial charge >= 0.3 is 0 Å². The predicted molar refractivity (Wildman–Crippen MR) is 127 cm³/mol. The third-order valence-electron chi connectivity index (χ3n) is 4.73. The Morgan fingerprint density at radius 2 is 1.66 bits per heavy atom. The Balaban J connectivity index is 1.79. The summed E-state index contributed by atoms with van der Waals surface area (Å²) < 4.78 is 16.6. The SMILES string of the molecule is COc1cc(C=CC(=O)Nc2cccnc2Oc2ccccc2C(C)(C)C)cc(OC)c1. The predicted octanol–water partition coefficient (Wildman–Crippen LogP) is 5.84. The molecule has 1 amide bonds. The molecule has 0 saturated heterocycles. The van der Waals surface area contributed by atoms with E-state index in [1.165, 1.54) is 6.08 Å². The first-order valence-corrected chi connectivity index (χ1v) is 10.2. The van der Waals surface area contributed by atoms with Crippen molar-refractivity contribution in [2.24, 2.45) is 0 Å². The Morgan fingerprint density at radius 1 is 0.969 bits per heavy atom. The normalized spacial score (nSPS) is 11.3. The number of amides is 1. The maximum Gasteiger partial charge on any atom is 0.248 e. The number of rotatable bonds is 7. The highest BCUT2D eigenvalue weighted by molar-refractivity contribution is 6.02. The summed E-state index contributed by atoms with van der Waals surface area (Å²) in [7, 11) is 3.16. The molecule has 0 unspecified atom stereocenters. The van der Waals surface area contributed by atoms with E-state index in [1.807, 2.05) is 36.4 Å². The molecule has 0 saturated carbocycles. The van der Waals surface area contributed by atoms with Gasteiger partial charge in [-0.15, -0.1) is 0 Å². The molecule has 0 spiro atoms. The fourth-order valence-electron chi connectivity index (χ4n) is 3.12. The lowest BCUT2D eigenvalue weighted by Crippen LogP contribution is -2.13. The lowest BCUT2D eigenvalue weighted by molar-refractivity contribution is -0.111. The van der Waals surface area contributed by atoms with E-state index in [9.17, 15) is 4.79 Å². The molecule has 2 aromatic carbocycles. The van der Waals surface area contributed by atoms with Crippen LogP contribution in [0.3, 0.4) is 0 Å². The van der Waals surface area contributed by atoms with Crippen LogP contribution >= 0.6 is 0 Å². The van der Waals surface area contributed by atoms with Crippen molar-refractivity contribution in [2.75, 3.05) is 19.5 Å². The van der Waals surface area contributed by atoms with Crippen LogP contribution in [0, 0.1) is 0 Å². The van der Waals surface area contributed by atoms with Crippen molar-refractivity contribution >= 4 is 17.7 Å². The molecule has 6 nitrogen and oxygen atoms in total. The molecule has 0 aliphatic heterocycles. The average Bonchev–Trinajstić information content (AvgIpc) is 2.78. The molecule has 3 aromatic rings. The standard InChI is InChI=1S/C26H28N2O4/c1-26(2,3)21-9-6-7-11-23(21)32-25-22(10-8-14-27-25)28-24(29)13-12-18-15-19(30-4)17-20(16-18)31-5/h6-17H,1-5H3,(H,28,29). The second-order valence-electron chi connectivity index (χ2n) is 8.17. The smallest absolute Gasteiger partial charge is 0.248 e. The third-order valence-corrected chi connectivity index (χ3v) is 4.73. The quantitative estimate of drug-likeness (QED) is 0.475. The van der Waals surface area contributed by atoms with Gasteiger partial charge in [-0.1, -0.05) is 39.0 Å². The van der Waals surface area contributed by atoms with Gasteiger partial charge in [-0.3, -0.25) is 4.79 Å². The summed E-state index contributed by atoms with van der Waals surface area (Å²) in [5.74, 6) is 2.01. The molecule has 0 radical (unpaired) electrons. The highest BCUT2D eigenvalue weighted by Crippen LogP contribution is 2.35. The molecule has 6 heteroatoms. The average molecular weight is 433 g/mol. The van der Waals surface area contributed by atoms with Crippen molar-refractivity contribution in [3.63, 3.8) is 0 Å². The van der Waals surface area contributed by atoms with Gasteiger partial charge in [-0.2, -0.15) is 0 Å². The number of nitrogens with zero attached hydrogens (tertiary/aromatic N) is 1. The molecule has 0 bridgehead atoms. The Bertz CT molecular complexity index is 1090. The monoisotopic (exact) mass is 432 g/mol. The minimum Gasteiger partial charge on any atom is -0.497 e. The van der Waals surface area contributed by atoms with Crippen molar-refractivity contribution in [3.8, 4) is 23.1 Å². The van der Waals surface area contributed by atoms with Gasteiger partial charge < -0.3 is 19.5 Å². The lowest BCUT2D eigenvalue weighted by Gasteiger charge is -2.22. The van der Waals surface area contributed by atoms with Crippen molar-refractivity contribution in [1.29, 1.82) is 0 Å². The van der Waals surface area contributed by atoms with Gasteiger partial charge in [0.2, 0.25) is 11.8 Å². The van der Waals surface area contributed by atoms with Crippen LogP contribution in [0.15, 0.2) is 66.9 Å². The number of pyridine rings is 1. The molecular weight excluding hydrogens is 404 g/mol. The van der Waals surface area contributed by atoms with Crippen LogP contribution in [0.1, 0.15) is 31.9 Å². The van der Waals surface area contributed by atoms with E-state index < -0.39 is 0 Å². The lowest BCUT2D eigenvalue weighted by atomic mass is 9.86. The highest BCUT2D eigenvalue weighted by atomic mass is 16.5. The van der Waals surface area contributed by atoms with Gasteiger partial charge in [0.1, 0.15) is 22.9 Å². The molecule has 3 rings (SSSR count). The number of nitrogens with one attached hydrogen (secondary N) is 1. The zero-order valence-electron chi connectivity index (χ0n) is 19.0. The van der Waals surface area contributed by atoms with E-state index in [-0.39, 0.29) is 11.3 Å². The van der Waals surface area contributed by atoms with Crippen LogP contribution in [-0.2, 0) is 10.2 Å². The molecule has 0 atom stereocenters. The first-order chi connectivity index (χ1) is 15.3. The summed E-state index contributed by atoms with van der Waals surface area (Å²) >= 11 is 0. The largest absolute Gasteiger partial charge is 0.497 e. The summed E-state index contributed by atoms with van der Waals surface area (Å²) in [5.41, 5.74) is 2.21. The van der Waals surface area contributed by atoms with E-state index in [0.717, 1.165) is 11.1 Å². The van der Waals surface area contributed by atoms with Gasteiger partial charge in [0.25, 0.3) is 0 Å². The van der Waals surface area contributed by atoms with E-state index in [4.69, 9.17) is 14.2 Å². The van der Waals surface area contributed by atoms with Crippen LogP contribution in [0.25, 0.3) is 6.08 Å². The molecule has 0 aliphatic carbocycles. The third kappa shape index (κ3) is 5.88. The second kappa shape index (κ2) is 10.0. The second-order valence-corrected chi connectivity index (χ2v) is 8.17. The number of methoxy groups -OCH3 is 2. The van der Waals surface area contributed by atoms with E-state index in [1.54, 1.807) is 44.7 Å². The molecule has 0 aliphatic rings. The number of hydrogen-bond donors (Lipinski definition) is 1. The van der Waals surface area contributed by atoms with Crippen molar-refractivity contribution in [1.82, 2.24) is 4.98 Å². The molecule has 1 heterocycles. The maximum absolute atomic E-state index is 12.6. The number of ether oxygens (including phenoxy) is 3. The topological polar surface area (TPSA) is 69.7 Å².